The number of nitrogens with one attached hydrogen (secondary N) is 1. The van der Waals surface area contributed by atoms with Crippen molar-refractivity contribution in [3.8, 4) is 0 Å². The quantitative estimate of drug-likeness (QED) is 0.815. The van der Waals surface area contributed by atoms with Crippen molar-refractivity contribution in [3.63, 3.8) is 0 Å². The zero-order valence-corrected chi connectivity index (χ0v) is 16.8. The van der Waals surface area contributed by atoms with Crippen LogP contribution in [0.5, 0.6) is 0 Å². The van der Waals surface area contributed by atoms with Crippen LogP contribution >= 0.6 is 11.6 Å². The summed E-state index contributed by atoms with van der Waals surface area (Å²) in [6, 6.07) is 12.0. The first-order valence-electron chi connectivity index (χ1n) is 9.02. The molecule has 0 unspecified atom stereocenters. The normalized spacial score (nSPS) is 15.5. The van der Waals surface area contributed by atoms with Gasteiger partial charge < -0.3 is 5.32 Å². The van der Waals surface area contributed by atoms with Crippen molar-refractivity contribution < 1.29 is 13.2 Å². The summed E-state index contributed by atoms with van der Waals surface area (Å²) in [6.45, 7) is 2.93. The van der Waals surface area contributed by atoms with E-state index in [0.29, 0.717) is 23.8 Å². The number of halogens is 1. The zero-order valence-electron chi connectivity index (χ0n) is 15.2. The fraction of sp³-hybridized carbons (Fsp3) is 0.350. The average Bonchev–Trinajstić information content (AvgIpc) is 2.66. The topological polar surface area (TPSA) is 66.5 Å². The highest BCUT2D eigenvalue weighted by Gasteiger charge is 2.26. The summed E-state index contributed by atoms with van der Waals surface area (Å²) < 4.78 is 27.3. The molecule has 2 aromatic rings. The highest BCUT2D eigenvalue weighted by atomic mass is 35.5. The van der Waals surface area contributed by atoms with Gasteiger partial charge in [-0.2, -0.15) is 4.31 Å². The van der Waals surface area contributed by atoms with E-state index < -0.39 is 10.0 Å². The summed E-state index contributed by atoms with van der Waals surface area (Å²) >= 11 is 6.11. The Morgan fingerprint density at radius 1 is 1.11 bits per heavy atom. The number of amides is 1. The lowest BCUT2D eigenvalue weighted by Gasteiger charge is -2.26. The molecule has 0 spiro atoms. The first-order valence-corrected chi connectivity index (χ1v) is 10.8. The number of benzene rings is 2. The number of sulfonamides is 1. The molecular weight excluding hydrogens is 384 g/mol. The number of rotatable bonds is 5. The van der Waals surface area contributed by atoms with Crippen LogP contribution in [0.4, 0.5) is 5.69 Å². The second kappa shape index (κ2) is 8.42. The van der Waals surface area contributed by atoms with Crippen molar-refractivity contribution in [1.29, 1.82) is 0 Å². The summed E-state index contributed by atoms with van der Waals surface area (Å²) in [5.41, 5.74) is 2.04. The van der Waals surface area contributed by atoms with Gasteiger partial charge in [0.1, 0.15) is 0 Å². The molecule has 3 rings (SSSR count). The number of piperidine rings is 1. The molecule has 2 aromatic carbocycles. The van der Waals surface area contributed by atoms with Gasteiger partial charge in [0.2, 0.25) is 15.9 Å². The molecule has 0 radical (unpaired) electrons. The molecule has 0 aliphatic carbocycles. The minimum Gasteiger partial charge on any atom is -0.326 e. The van der Waals surface area contributed by atoms with Gasteiger partial charge in [-0.05, 0) is 49.1 Å². The van der Waals surface area contributed by atoms with E-state index in [9.17, 15) is 13.2 Å². The Morgan fingerprint density at radius 3 is 2.52 bits per heavy atom. The van der Waals surface area contributed by atoms with E-state index in [2.05, 4.69) is 5.32 Å². The van der Waals surface area contributed by atoms with E-state index in [-0.39, 0.29) is 17.2 Å². The smallest absolute Gasteiger partial charge is 0.243 e. The molecule has 1 heterocycles. The molecule has 5 nitrogen and oxygen atoms in total. The number of carbonyl (C=O) groups excluding carboxylic acids is 1. The minimum absolute atomic E-state index is 0.127. The number of aryl methyl sites for hydroxylation is 1. The largest absolute Gasteiger partial charge is 0.326 e. The lowest BCUT2D eigenvalue weighted by molar-refractivity contribution is -0.115. The van der Waals surface area contributed by atoms with Gasteiger partial charge in [-0.3, -0.25) is 4.79 Å². The van der Waals surface area contributed by atoms with Crippen LogP contribution in [-0.2, 0) is 21.2 Å². The Morgan fingerprint density at radius 2 is 1.81 bits per heavy atom. The molecule has 1 aliphatic rings. The van der Waals surface area contributed by atoms with Crippen molar-refractivity contribution in [2.75, 3.05) is 18.4 Å². The lowest BCUT2D eigenvalue weighted by Crippen LogP contribution is -2.35. The first-order chi connectivity index (χ1) is 12.9. The summed E-state index contributed by atoms with van der Waals surface area (Å²) in [5.74, 6) is -0.237. The Balaban J connectivity index is 1.79. The third kappa shape index (κ3) is 4.69. The molecule has 27 heavy (non-hydrogen) atoms. The van der Waals surface area contributed by atoms with Gasteiger partial charge in [0, 0.05) is 23.8 Å². The second-order valence-corrected chi connectivity index (χ2v) is 9.10. The van der Waals surface area contributed by atoms with Crippen LogP contribution in [0.2, 0.25) is 5.02 Å². The predicted octanol–water partition coefficient (Wildman–Crippen LogP) is 4.00. The monoisotopic (exact) mass is 406 g/mol. The number of anilines is 1. The van der Waals surface area contributed by atoms with Crippen molar-refractivity contribution >= 4 is 33.2 Å². The SMILES string of the molecule is Cc1ccc(S(=O)(=O)N2CCCCC2)cc1NC(=O)Cc1ccccc1Cl. The van der Waals surface area contributed by atoms with Crippen LogP contribution in [-0.4, -0.2) is 31.7 Å². The Labute approximate surface area is 165 Å². The van der Waals surface area contributed by atoms with E-state index in [1.165, 1.54) is 4.31 Å². The highest BCUT2D eigenvalue weighted by Crippen LogP contribution is 2.25. The van der Waals surface area contributed by atoms with Gasteiger partial charge >= 0.3 is 0 Å². The van der Waals surface area contributed by atoms with Gasteiger partial charge in [-0.1, -0.05) is 42.3 Å². The lowest BCUT2D eigenvalue weighted by atomic mass is 10.1. The van der Waals surface area contributed by atoms with Crippen LogP contribution in [0.1, 0.15) is 30.4 Å². The Bertz CT molecular complexity index is 938. The van der Waals surface area contributed by atoms with Gasteiger partial charge in [0.15, 0.2) is 0 Å². The number of carbonyl (C=O) groups is 1. The van der Waals surface area contributed by atoms with Crippen molar-refractivity contribution in [2.24, 2.45) is 0 Å². The van der Waals surface area contributed by atoms with Crippen LogP contribution in [0, 0.1) is 6.92 Å². The second-order valence-electron chi connectivity index (χ2n) is 6.76. The molecular formula is C20H23ClN2O3S. The zero-order chi connectivity index (χ0) is 19.4. The molecule has 0 aromatic heterocycles. The van der Waals surface area contributed by atoms with Gasteiger partial charge in [0.05, 0.1) is 11.3 Å². The summed E-state index contributed by atoms with van der Waals surface area (Å²) in [4.78, 5) is 12.6. The van der Waals surface area contributed by atoms with E-state index >= 15 is 0 Å². The van der Waals surface area contributed by atoms with E-state index in [1.54, 1.807) is 30.3 Å². The third-order valence-corrected chi connectivity index (χ3v) is 7.01. The average molecular weight is 407 g/mol. The molecule has 0 saturated carbocycles. The van der Waals surface area contributed by atoms with Gasteiger partial charge in [-0.15, -0.1) is 0 Å². The van der Waals surface area contributed by atoms with E-state index in [0.717, 1.165) is 30.4 Å². The standard InChI is InChI=1S/C20H23ClN2O3S/c1-15-9-10-17(27(25,26)23-11-5-2-6-12-23)14-19(15)22-20(24)13-16-7-3-4-8-18(16)21/h3-4,7-10,14H,2,5-6,11-13H2,1H3,(H,22,24). The fourth-order valence-electron chi connectivity index (χ4n) is 3.16. The van der Waals surface area contributed by atoms with E-state index in [4.69, 9.17) is 11.6 Å². The number of nitrogens with zero attached hydrogens (tertiary/aromatic N) is 1. The molecule has 1 amide bonds. The van der Waals surface area contributed by atoms with Crippen LogP contribution in [0.25, 0.3) is 0 Å². The van der Waals surface area contributed by atoms with Crippen LogP contribution in [0.3, 0.4) is 0 Å². The number of hydrogen-bond donors (Lipinski definition) is 1. The van der Waals surface area contributed by atoms with Crippen molar-refractivity contribution in [2.45, 2.75) is 37.5 Å². The maximum Gasteiger partial charge on any atom is 0.243 e. The van der Waals surface area contributed by atoms with Gasteiger partial charge in [0.25, 0.3) is 0 Å². The minimum atomic E-state index is -3.54. The molecule has 7 heteroatoms. The molecule has 1 N–H and O–H groups in total. The molecule has 0 atom stereocenters. The van der Waals surface area contributed by atoms with Crippen molar-refractivity contribution in [1.82, 2.24) is 4.31 Å². The molecule has 1 fully saturated rings. The fourth-order valence-corrected chi connectivity index (χ4v) is 4.91. The maximum absolute atomic E-state index is 12.9. The number of hydrogen-bond acceptors (Lipinski definition) is 3. The first kappa shape index (κ1) is 19.9. The van der Waals surface area contributed by atoms with E-state index in [1.807, 2.05) is 19.1 Å². The van der Waals surface area contributed by atoms with Gasteiger partial charge in [-0.25, -0.2) is 8.42 Å². The van der Waals surface area contributed by atoms with Crippen LogP contribution in [0.15, 0.2) is 47.4 Å². The van der Waals surface area contributed by atoms with Crippen LogP contribution < -0.4 is 5.32 Å². The predicted molar refractivity (Wildman–Crippen MR) is 108 cm³/mol. The van der Waals surface area contributed by atoms with Crippen molar-refractivity contribution in [3.05, 3.63) is 58.6 Å². The molecule has 0 bridgehead atoms. The molecule has 144 valence electrons. The molecule has 1 aliphatic heterocycles. The summed E-state index contributed by atoms with van der Waals surface area (Å²) in [6.07, 6.45) is 2.95. The molecule has 1 saturated heterocycles. The Kier molecular flexibility index (Phi) is 6.19. The Hall–Kier alpha value is -1.89. The summed E-state index contributed by atoms with van der Waals surface area (Å²) in [7, 11) is -3.54. The third-order valence-electron chi connectivity index (χ3n) is 4.74. The summed E-state index contributed by atoms with van der Waals surface area (Å²) in [5, 5.41) is 3.35. The highest BCUT2D eigenvalue weighted by molar-refractivity contribution is 7.89. The maximum atomic E-state index is 12.9.